The molecule has 1 nitrogen and oxygen atoms in total. The summed E-state index contributed by atoms with van der Waals surface area (Å²) < 4.78 is 49.2. The number of hydrogen-bond donors (Lipinski definition) is 1. The quantitative estimate of drug-likeness (QED) is 0.780. The highest BCUT2D eigenvalue weighted by atomic mass is 19.4. The third-order valence-corrected chi connectivity index (χ3v) is 2.85. The van der Waals surface area contributed by atoms with Crippen LogP contribution in [0.3, 0.4) is 0 Å². The first-order chi connectivity index (χ1) is 7.33. The molecule has 88 valence electrons. The van der Waals surface area contributed by atoms with Gasteiger partial charge in [0.2, 0.25) is 6.17 Å². The minimum Gasteiger partial charge on any atom is -0.321 e. The Morgan fingerprint density at radius 2 is 1.62 bits per heavy atom. The van der Waals surface area contributed by atoms with E-state index in [4.69, 9.17) is 5.73 Å². The van der Waals surface area contributed by atoms with Gasteiger partial charge in [-0.3, -0.25) is 0 Å². The summed E-state index contributed by atoms with van der Waals surface area (Å²) in [6.45, 7) is 0. The fourth-order valence-electron chi connectivity index (χ4n) is 1.60. The summed E-state index contributed by atoms with van der Waals surface area (Å²) in [5.41, 5.74) is 5.86. The maximum Gasteiger partial charge on any atom is 0.423 e. The molecular weight excluding hydrogens is 222 g/mol. The van der Waals surface area contributed by atoms with Crippen molar-refractivity contribution in [1.82, 2.24) is 0 Å². The fourth-order valence-corrected chi connectivity index (χ4v) is 1.60. The van der Waals surface area contributed by atoms with Crippen LogP contribution in [0.15, 0.2) is 24.3 Å². The van der Waals surface area contributed by atoms with Gasteiger partial charge < -0.3 is 5.73 Å². The summed E-state index contributed by atoms with van der Waals surface area (Å²) in [6, 6.07) is 5.25. The molecule has 16 heavy (non-hydrogen) atoms. The Morgan fingerprint density at radius 3 is 2.00 bits per heavy atom. The number of hydrogen-bond acceptors (Lipinski definition) is 1. The van der Waals surface area contributed by atoms with Gasteiger partial charge in [-0.2, -0.15) is 13.2 Å². The van der Waals surface area contributed by atoms with Crippen molar-refractivity contribution in [1.29, 1.82) is 0 Å². The summed E-state index contributed by atoms with van der Waals surface area (Å²) in [4.78, 5) is 0. The van der Waals surface area contributed by atoms with E-state index in [0.29, 0.717) is 0 Å². The minimum absolute atomic E-state index is 0.375. The molecule has 1 unspecified atom stereocenters. The second-order valence-corrected chi connectivity index (χ2v) is 4.18. The Bertz CT molecular complexity index is 378. The normalized spacial score (nSPS) is 20.6. The van der Waals surface area contributed by atoms with Gasteiger partial charge in [-0.15, -0.1) is 0 Å². The third-order valence-electron chi connectivity index (χ3n) is 2.85. The van der Waals surface area contributed by atoms with E-state index in [1.54, 1.807) is 0 Å². The highest BCUT2D eigenvalue weighted by molar-refractivity contribution is 5.33. The topological polar surface area (TPSA) is 26.0 Å². The molecule has 0 aliphatic heterocycles. The van der Waals surface area contributed by atoms with E-state index in [1.165, 1.54) is 12.1 Å². The molecule has 0 aromatic heterocycles. The van der Waals surface area contributed by atoms with Gasteiger partial charge in [-0.25, -0.2) is 4.39 Å². The van der Waals surface area contributed by atoms with Crippen LogP contribution in [-0.2, 0) is 5.54 Å². The maximum atomic E-state index is 12.9. The van der Waals surface area contributed by atoms with Crippen molar-refractivity contribution in [3.05, 3.63) is 35.4 Å². The molecular formula is C11H11F4N. The Labute approximate surface area is 90.3 Å². The Hall–Kier alpha value is -1.10. The number of alkyl halides is 4. The first-order valence-electron chi connectivity index (χ1n) is 4.93. The summed E-state index contributed by atoms with van der Waals surface area (Å²) in [5, 5.41) is 0. The lowest BCUT2D eigenvalue weighted by Gasteiger charge is -2.14. The Kier molecular flexibility index (Phi) is 2.45. The molecule has 0 bridgehead atoms. The molecule has 0 spiro atoms. The molecule has 0 radical (unpaired) electrons. The van der Waals surface area contributed by atoms with Crippen LogP contribution in [0.2, 0.25) is 0 Å². The van der Waals surface area contributed by atoms with E-state index >= 15 is 0 Å². The largest absolute Gasteiger partial charge is 0.423 e. The smallest absolute Gasteiger partial charge is 0.321 e. The van der Waals surface area contributed by atoms with Crippen LogP contribution in [0.1, 0.15) is 30.1 Å². The molecule has 1 fully saturated rings. The molecule has 5 heteroatoms. The van der Waals surface area contributed by atoms with E-state index in [0.717, 1.165) is 30.5 Å². The molecule has 1 aliphatic carbocycles. The van der Waals surface area contributed by atoms with Crippen molar-refractivity contribution >= 4 is 0 Å². The second-order valence-electron chi connectivity index (χ2n) is 4.18. The first kappa shape index (κ1) is 11.4. The summed E-state index contributed by atoms with van der Waals surface area (Å²) in [6.07, 6.45) is -6.12. The van der Waals surface area contributed by atoms with Gasteiger partial charge in [-0.1, -0.05) is 24.3 Å². The summed E-state index contributed by atoms with van der Waals surface area (Å²) >= 11 is 0. The summed E-state index contributed by atoms with van der Waals surface area (Å²) in [7, 11) is 0. The average Bonchev–Trinajstić information content (AvgIpc) is 2.96. The number of nitrogens with two attached hydrogens (primary N) is 1. The second kappa shape index (κ2) is 3.45. The van der Waals surface area contributed by atoms with Gasteiger partial charge in [0.05, 0.1) is 0 Å². The number of rotatable bonds is 2. The van der Waals surface area contributed by atoms with Crippen molar-refractivity contribution in [3.63, 3.8) is 0 Å². The van der Waals surface area contributed by atoms with Crippen LogP contribution in [0, 0.1) is 0 Å². The van der Waals surface area contributed by atoms with Crippen LogP contribution in [0.25, 0.3) is 0 Å². The third kappa shape index (κ3) is 2.04. The zero-order chi connectivity index (χ0) is 12.0. The standard InChI is InChI=1S/C11H11F4N/c12-9(11(13,14)15)7-1-3-8(4-2-7)10(16)5-6-10/h1-4,9H,5-6,16H2. The van der Waals surface area contributed by atoms with Crippen LogP contribution in [-0.4, -0.2) is 6.18 Å². The van der Waals surface area contributed by atoms with Crippen molar-refractivity contribution < 1.29 is 17.6 Å². The monoisotopic (exact) mass is 233 g/mol. The van der Waals surface area contributed by atoms with Crippen LogP contribution >= 0.6 is 0 Å². The summed E-state index contributed by atoms with van der Waals surface area (Å²) in [5.74, 6) is 0. The predicted molar refractivity (Wildman–Crippen MR) is 51.4 cm³/mol. The lowest BCUT2D eigenvalue weighted by molar-refractivity contribution is -0.182. The molecule has 1 aliphatic rings. The molecule has 2 rings (SSSR count). The SMILES string of the molecule is NC1(c2ccc(C(F)C(F)(F)F)cc2)CC1. The molecule has 2 N–H and O–H groups in total. The van der Waals surface area contributed by atoms with Crippen LogP contribution in [0.4, 0.5) is 17.6 Å². The zero-order valence-corrected chi connectivity index (χ0v) is 8.39. The molecule has 1 aromatic rings. The minimum atomic E-state index is -4.85. The highest BCUT2D eigenvalue weighted by Crippen LogP contribution is 2.43. The van der Waals surface area contributed by atoms with E-state index < -0.39 is 17.9 Å². The van der Waals surface area contributed by atoms with Crippen molar-refractivity contribution in [2.24, 2.45) is 5.73 Å². The average molecular weight is 233 g/mol. The van der Waals surface area contributed by atoms with E-state index in [2.05, 4.69) is 0 Å². The van der Waals surface area contributed by atoms with E-state index in [9.17, 15) is 17.6 Å². The van der Waals surface area contributed by atoms with Gasteiger partial charge in [0.25, 0.3) is 0 Å². The molecule has 1 atom stereocenters. The van der Waals surface area contributed by atoms with Gasteiger partial charge >= 0.3 is 6.18 Å². The van der Waals surface area contributed by atoms with Gasteiger partial charge in [-0.05, 0) is 24.0 Å². The fraction of sp³-hybridized carbons (Fsp3) is 0.455. The maximum absolute atomic E-state index is 12.9. The molecule has 0 amide bonds. The molecule has 1 aromatic carbocycles. The van der Waals surface area contributed by atoms with E-state index in [-0.39, 0.29) is 5.56 Å². The van der Waals surface area contributed by atoms with Crippen molar-refractivity contribution in [2.75, 3.05) is 0 Å². The number of halogens is 4. The predicted octanol–water partition coefficient (Wildman–Crippen LogP) is 3.21. The van der Waals surface area contributed by atoms with Crippen LogP contribution in [0.5, 0.6) is 0 Å². The first-order valence-corrected chi connectivity index (χ1v) is 4.93. The Morgan fingerprint density at radius 1 is 1.12 bits per heavy atom. The van der Waals surface area contributed by atoms with Gasteiger partial charge in [0, 0.05) is 5.54 Å². The molecule has 0 heterocycles. The van der Waals surface area contributed by atoms with Crippen molar-refractivity contribution in [3.8, 4) is 0 Å². The Balaban J connectivity index is 2.19. The lowest BCUT2D eigenvalue weighted by Crippen LogP contribution is -2.19. The lowest BCUT2D eigenvalue weighted by atomic mass is 10.0. The van der Waals surface area contributed by atoms with Crippen molar-refractivity contribution in [2.45, 2.75) is 30.7 Å². The highest BCUT2D eigenvalue weighted by Gasteiger charge is 2.42. The van der Waals surface area contributed by atoms with Gasteiger partial charge in [0.15, 0.2) is 0 Å². The van der Waals surface area contributed by atoms with Crippen LogP contribution < -0.4 is 5.73 Å². The van der Waals surface area contributed by atoms with Gasteiger partial charge in [0.1, 0.15) is 0 Å². The molecule has 0 saturated heterocycles. The molecule has 1 saturated carbocycles. The van der Waals surface area contributed by atoms with E-state index in [1.807, 2.05) is 0 Å². The zero-order valence-electron chi connectivity index (χ0n) is 8.39. The number of benzene rings is 1.